The molecule has 1 N–H and O–H groups in total. The van der Waals surface area contributed by atoms with E-state index in [1.165, 1.54) is 0 Å². The van der Waals surface area contributed by atoms with E-state index in [0.29, 0.717) is 28.5 Å². The smallest absolute Gasteiger partial charge is 0.314 e. The van der Waals surface area contributed by atoms with Gasteiger partial charge in [-0.05, 0) is 36.5 Å². The third-order valence-corrected chi connectivity index (χ3v) is 4.94. The zero-order chi connectivity index (χ0) is 15.0. The number of rotatable bonds is 3. The second-order valence-electron chi connectivity index (χ2n) is 5.50. The van der Waals surface area contributed by atoms with Crippen LogP contribution in [0.1, 0.15) is 29.9 Å². The number of hydrogen-bond acceptors (Lipinski definition) is 1. The van der Waals surface area contributed by atoms with Crippen molar-refractivity contribution in [1.82, 2.24) is 0 Å². The van der Waals surface area contributed by atoms with E-state index < -0.39 is 11.4 Å². The first kappa shape index (κ1) is 14.4. The molecule has 1 fully saturated rings. The minimum absolute atomic E-state index is 0.231. The van der Waals surface area contributed by atoms with Gasteiger partial charge in [0, 0.05) is 15.6 Å². The van der Waals surface area contributed by atoms with Crippen molar-refractivity contribution >= 4 is 29.2 Å². The van der Waals surface area contributed by atoms with Crippen LogP contribution < -0.4 is 0 Å². The molecule has 1 aliphatic carbocycles. The molecule has 0 aromatic heterocycles. The number of carbonyl (C=O) groups is 1. The van der Waals surface area contributed by atoms with E-state index >= 15 is 0 Å². The number of carboxylic acid groups (broad SMARTS) is 1. The fourth-order valence-electron chi connectivity index (χ4n) is 3.18. The Morgan fingerprint density at radius 3 is 2.10 bits per heavy atom. The van der Waals surface area contributed by atoms with Crippen LogP contribution in [0.2, 0.25) is 10.0 Å². The maximum Gasteiger partial charge on any atom is 0.314 e. The summed E-state index contributed by atoms with van der Waals surface area (Å²) < 4.78 is 0. The van der Waals surface area contributed by atoms with Gasteiger partial charge in [0.15, 0.2) is 0 Å². The van der Waals surface area contributed by atoms with Gasteiger partial charge in [-0.25, -0.2) is 0 Å². The minimum Gasteiger partial charge on any atom is -0.481 e. The third kappa shape index (κ3) is 2.33. The average Bonchev–Trinajstić information content (AvgIpc) is 2.41. The van der Waals surface area contributed by atoms with Crippen molar-refractivity contribution in [2.75, 3.05) is 0 Å². The Bertz CT molecular complexity index is 656. The second kappa shape index (κ2) is 5.36. The maximum absolute atomic E-state index is 11.9. The first-order valence-electron chi connectivity index (χ1n) is 6.77. The molecular weight excluding hydrogens is 307 g/mol. The molecule has 0 amide bonds. The second-order valence-corrected chi connectivity index (χ2v) is 6.31. The molecule has 4 heteroatoms. The molecule has 0 bridgehead atoms. The fraction of sp³-hybridized carbons (Fsp3) is 0.235. The van der Waals surface area contributed by atoms with Crippen LogP contribution >= 0.6 is 23.2 Å². The summed E-state index contributed by atoms with van der Waals surface area (Å²) in [7, 11) is 0. The van der Waals surface area contributed by atoms with Gasteiger partial charge in [0.1, 0.15) is 0 Å². The molecule has 108 valence electrons. The lowest BCUT2D eigenvalue weighted by atomic mass is 9.57. The van der Waals surface area contributed by atoms with E-state index in [4.69, 9.17) is 23.2 Å². The number of aliphatic carboxylic acids is 1. The highest BCUT2D eigenvalue weighted by atomic mass is 35.5. The molecule has 1 aliphatic rings. The van der Waals surface area contributed by atoms with Crippen LogP contribution in [0.15, 0.2) is 48.5 Å². The van der Waals surface area contributed by atoms with Crippen molar-refractivity contribution in [2.24, 2.45) is 0 Å². The van der Waals surface area contributed by atoms with Crippen LogP contribution in [0, 0.1) is 0 Å². The molecule has 0 unspecified atom stereocenters. The average molecular weight is 321 g/mol. The topological polar surface area (TPSA) is 37.3 Å². The Labute approximate surface area is 133 Å². The monoisotopic (exact) mass is 320 g/mol. The molecule has 0 radical (unpaired) electrons. The molecule has 3 rings (SSSR count). The van der Waals surface area contributed by atoms with Gasteiger partial charge in [-0.15, -0.1) is 0 Å². The standard InChI is InChI=1S/C17H14Cl2O2/c18-13-7-4-8-14(19)15(13)17(16(20)21)9-12(10-17)11-5-2-1-3-6-11/h1-8,12H,9-10H2,(H,20,21). The zero-order valence-electron chi connectivity index (χ0n) is 11.2. The Kier molecular flexibility index (Phi) is 3.68. The van der Waals surface area contributed by atoms with Crippen molar-refractivity contribution in [3.05, 3.63) is 69.7 Å². The maximum atomic E-state index is 11.9. The van der Waals surface area contributed by atoms with E-state index in [9.17, 15) is 9.90 Å². The summed E-state index contributed by atoms with van der Waals surface area (Å²) in [6, 6.07) is 15.1. The van der Waals surface area contributed by atoms with E-state index in [2.05, 4.69) is 0 Å². The first-order chi connectivity index (χ1) is 10.0. The predicted octanol–water partition coefficient (Wildman–Crippen LogP) is 4.89. The molecule has 2 aromatic rings. The fourth-order valence-corrected chi connectivity index (χ4v) is 3.94. The van der Waals surface area contributed by atoms with Crippen LogP contribution in [0.4, 0.5) is 0 Å². The summed E-state index contributed by atoms with van der Waals surface area (Å²) in [5.74, 6) is -0.626. The molecule has 0 atom stereocenters. The number of hydrogen-bond donors (Lipinski definition) is 1. The highest BCUT2D eigenvalue weighted by Crippen LogP contribution is 2.55. The SMILES string of the molecule is O=C(O)C1(c2c(Cl)cccc2Cl)CC(c2ccccc2)C1. The van der Waals surface area contributed by atoms with Crippen LogP contribution in [0.5, 0.6) is 0 Å². The van der Waals surface area contributed by atoms with Gasteiger partial charge in [-0.1, -0.05) is 59.6 Å². The lowest BCUT2D eigenvalue weighted by Crippen LogP contribution is -2.47. The van der Waals surface area contributed by atoms with Gasteiger partial charge in [-0.3, -0.25) is 4.79 Å². The number of benzene rings is 2. The van der Waals surface area contributed by atoms with Crippen LogP contribution in [-0.2, 0) is 10.2 Å². The molecule has 0 aliphatic heterocycles. The number of halogens is 2. The molecule has 0 saturated heterocycles. The van der Waals surface area contributed by atoms with Crippen molar-refractivity contribution in [2.45, 2.75) is 24.2 Å². The van der Waals surface area contributed by atoms with Crippen LogP contribution in [0.25, 0.3) is 0 Å². The lowest BCUT2D eigenvalue weighted by molar-refractivity contribution is -0.148. The van der Waals surface area contributed by atoms with E-state index in [-0.39, 0.29) is 5.92 Å². The summed E-state index contributed by atoms with van der Waals surface area (Å²) in [5, 5.41) is 10.6. The van der Waals surface area contributed by atoms with Gasteiger partial charge >= 0.3 is 5.97 Å². The highest BCUT2D eigenvalue weighted by Gasteiger charge is 2.53. The van der Waals surface area contributed by atoms with Crippen molar-refractivity contribution in [3.8, 4) is 0 Å². The van der Waals surface area contributed by atoms with E-state index in [1.807, 2.05) is 30.3 Å². The molecule has 0 heterocycles. The van der Waals surface area contributed by atoms with Crippen molar-refractivity contribution in [3.63, 3.8) is 0 Å². The van der Waals surface area contributed by atoms with Crippen molar-refractivity contribution < 1.29 is 9.90 Å². The quantitative estimate of drug-likeness (QED) is 0.873. The van der Waals surface area contributed by atoms with E-state index in [1.54, 1.807) is 18.2 Å². The molecule has 2 nitrogen and oxygen atoms in total. The Hall–Kier alpha value is -1.51. The molecule has 1 saturated carbocycles. The van der Waals surface area contributed by atoms with Crippen LogP contribution in [-0.4, -0.2) is 11.1 Å². The van der Waals surface area contributed by atoms with Gasteiger partial charge in [0.05, 0.1) is 5.41 Å². The highest BCUT2D eigenvalue weighted by molar-refractivity contribution is 6.36. The number of carboxylic acids is 1. The van der Waals surface area contributed by atoms with Gasteiger partial charge in [-0.2, -0.15) is 0 Å². The predicted molar refractivity (Wildman–Crippen MR) is 84.2 cm³/mol. The lowest BCUT2D eigenvalue weighted by Gasteiger charge is -2.45. The summed E-state index contributed by atoms with van der Waals surface area (Å²) in [4.78, 5) is 11.9. The molecule has 2 aromatic carbocycles. The Morgan fingerprint density at radius 1 is 1.00 bits per heavy atom. The normalized spacial score (nSPS) is 24.4. The Balaban J connectivity index is 1.97. The van der Waals surface area contributed by atoms with Gasteiger partial charge in [0.25, 0.3) is 0 Å². The van der Waals surface area contributed by atoms with Gasteiger partial charge in [0.2, 0.25) is 0 Å². The zero-order valence-corrected chi connectivity index (χ0v) is 12.7. The van der Waals surface area contributed by atoms with E-state index in [0.717, 1.165) is 5.56 Å². The summed E-state index contributed by atoms with van der Waals surface area (Å²) in [5.41, 5.74) is 0.737. The van der Waals surface area contributed by atoms with Crippen molar-refractivity contribution in [1.29, 1.82) is 0 Å². The molecule has 21 heavy (non-hydrogen) atoms. The molecular formula is C17H14Cl2O2. The van der Waals surface area contributed by atoms with Crippen LogP contribution in [0.3, 0.4) is 0 Å². The molecule has 0 spiro atoms. The largest absolute Gasteiger partial charge is 0.481 e. The summed E-state index contributed by atoms with van der Waals surface area (Å²) in [6.07, 6.45) is 1.05. The van der Waals surface area contributed by atoms with Gasteiger partial charge < -0.3 is 5.11 Å². The summed E-state index contributed by atoms with van der Waals surface area (Å²) >= 11 is 12.4. The first-order valence-corrected chi connectivity index (χ1v) is 7.53. The Morgan fingerprint density at radius 2 is 1.57 bits per heavy atom. The minimum atomic E-state index is -0.976. The summed E-state index contributed by atoms with van der Waals surface area (Å²) in [6.45, 7) is 0. The third-order valence-electron chi connectivity index (χ3n) is 4.31.